The van der Waals surface area contributed by atoms with Crippen molar-refractivity contribution in [2.24, 2.45) is 11.8 Å². The van der Waals surface area contributed by atoms with Gasteiger partial charge in [-0.15, -0.1) is 0 Å². The quantitative estimate of drug-likeness (QED) is 0.631. The molecule has 0 spiro atoms. The number of nitrogens with zero attached hydrogens (tertiary/aromatic N) is 1. The van der Waals surface area contributed by atoms with Crippen molar-refractivity contribution in [3.05, 3.63) is 0 Å². The van der Waals surface area contributed by atoms with Gasteiger partial charge in [-0.2, -0.15) is 0 Å². The van der Waals surface area contributed by atoms with E-state index in [-0.39, 0.29) is 0 Å². The number of ether oxygens (including phenoxy) is 1. The van der Waals surface area contributed by atoms with Crippen LogP contribution in [0.15, 0.2) is 0 Å². The first-order valence-corrected chi connectivity index (χ1v) is 9.17. The van der Waals surface area contributed by atoms with Crippen molar-refractivity contribution in [1.82, 2.24) is 10.2 Å². The summed E-state index contributed by atoms with van der Waals surface area (Å²) in [6.45, 7) is 17.0. The Hall–Kier alpha value is -0.120. The molecule has 0 aromatic carbocycles. The number of likely N-dealkylation sites (N-methyl/N-ethyl adjacent to an activating group) is 1. The summed E-state index contributed by atoms with van der Waals surface area (Å²) in [4.78, 5) is 2.59. The molecular weight excluding hydrogens is 260 g/mol. The molecule has 1 aliphatic heterocycles. The first-order chi connectivity index (χ1) is 10.1. The summed E-state index contributed by atoms with van der Waals surface area (Å²) in [5.41, 5.74) is 0. The van der Waals surface area contributed by atoms with E-state index in [0.717, 1.165) is 38.0 Å². The molecule has 1 N–H and O–H groups in total. The molecule has 1 rings (SSSR count). The zero-order chi connectivity index (χ0) is 15.7. The van der Waals surface area contributed by atoms with Gasteiger partial charge in [0.2, 0.25) is 0 Å². The predicted molar refractivity (Wildman–Crippen MR) is 91.8 cm³/mol. The molecule has 3 heteroatoms. The van der Waals surface area contributed by atoms with Crippen molar-refractivity contribution < 1.29 is 4.74 Å². The highest BCUT2D eigenvalue weighted by molar-refractivity contribution is 4.78. The Morgan fingerprint density at radius 2 is 1.76 bits per heavy atom. The van der Waals surface area contributed by atoms with Gasteiger partial charge >= 0.3 is 0 Å². The lowest BCUT2D eigenvalue weighted by atomic mass is 10.0. The topological polar surface area (TPSA) is 24.5 Å². The molecule has 0 aromatic heterocycles. The van der Waals surface area contributed by atoms with Gasteiger partial charge in [-0.05, 0) is 37.8 Å². The normalized spacial score (nSPS) is 22.9. The van der Waals surface area contributed by atoms with Crippen LogP contribution in [0.4, 0.5) is 0 Å². The third kappa shape index (κ3) is 7.62. The summed E-state index contributed by atoms with van der Waals surface area (Å²) in [6, 6.07) is 0. The summed E-state index contributed by atoms with van der Waals surface area (Å²) < 4.78 is 6.22. The molecule has 2 unspecified atom stereocenters. The Labute approximate surface area is 132 Å². The van der Waals surface area contributed by atoms with Crippen molar-refractivity contribution in [2.45, 2.75) is 72.5 Å². The third-order valence-corrected chi connectivity index (χ3v) is 4.70. The number of nitrogens with one attached hydrogen (secondary N) is 1. The van der Waals surface area contributed by atoms with Crippen molar-refractivity contribution >= 4 is 0 Å². The molecule has 2 atom stereocenters. The average Bonchev–Trinajstić information content (AvgIpc) is 2.90. The smallest absolute Gasteiger partial charge is 0.0707 e. The highest BCUT2D eigenvalue weighted by atomic mass is 16.5. The second-order valence-corrected chi connectivity index (χ2v) is 7.04. The van der Waals surface area contributed by atoms with Gasteiger partial charge in [-0.3, -0.25) is 0 Å². The van der Waals surface area contributed by atoms with Crippen LogP contribution in [0.1, 0.15) is 60.3 Å². The fourth-order valence-corrected chi connectivity index (χ4v) is 3.13. The molecule has 0 radical (unpaired) electrons. The minimum Gasteiger partial charge on any atom is -0.372 e. The SMILES string of the molecule is CCC(CC)CN(CC)CC1CCC(CNCC(C)C)O1. The third-order valence-electron chi connectivity index (χ3n) is 4.70. The maximum atomic E-state index is 6.22. The van der Waals surface area contributed by atoms with Crippen molar-refractivity contribution in [1.29, 1.82) is 0 Å². The molecule has 21 heavy (non-hydrogen) atoms. The number of hydrogen-bond donors (Lipinski definition) is 1. The molecule has 0 aliphatic carbocycles. The Morgan fingerprint density at radius 1 is 1.10 bits per heavy atom. The standard InChI is InChI=1S/C18H38N2O/c1-6-16(7-2)13-20(8-3)14-18-10-9-17(21-18)12-19-11-15(4)5/h15-19H,6-14H2,1-5H3. The first-order valence-electron chi connectivity index (χ1n) is 9.17. The lowest BCUT2D eigenvalue weighted by Crippen LogP contribution is -2.37. The molecule has 0 saturated carbocycles. The minimum absolute atomic E-state index is 0.431. The minimum atomic E-state index is 0.431. The van der Waals surface area contributed by atoms with Crippen LogP contribution in [0, 0.1) is 11.8 Å². The largest absolute Gasteiger partial charge is 0.372 e. The van der Waals surface area contributed by atoms with E-state index >= 15 is 0 Å². The van der Waals surface area contributed by atoms with Crippen LogP contribution in [0.2, 0.25) is 0 Å². The number of rotatable bonds is 11. The summed E-state index contributed by atoms with van der Waals surface area (Å²) >= 11 is 0. The van der Waals surface area contributed by atoms with E-state index in [1.807, 2.05) is 0 Å². The van der Waals surface area contributed by atoms with Crippen LogP contribution in [0.5, 0.6) is 0 Å². The molecule has 0 amide bonds. The van der Waals surface area contributed by atoms with Crippen molar-refractivity contribution in [3.8, 4) is 0 Å². The first kappa shape index (κ1) is 18.9. The van der Waals surface area contributed by atoms with Crippen molar-refractivity contribution in [3.63, 3.8) is 0 Å². The van der Waals surface area contributed by atoms with Gasteiger partial charge in [0.25, 0.3) is 0 Å². The van der Waals surface area contributed by atoms with Gasteiger partial charge in [0.15, 0.2) is 0 Å². The van der Waals surface area contributed by atoms with Crippen LogP contribution < -0.4 is 5.32 Å². The van der Waals surface area contributed by atoms with E-state index in [9.17, 15) is 0 Å². The van der Waals surface area contributed by atoms with Crippen LogP contribution in [-0.2, 0) is 4.74 Å². The lowest BCUT2D eigenvalue weighted by Gasteiger charge is -2.27. The molecule has 126 valence electrons. The van der Waals surface area contributed by atoms with E-state index in [1.165, 1.54) is 32.2 Å². The monoisotopic (exact) mass is 298 g/mol. The molecule has 1 aliphatic rings. The fraction of sp³-hybridized carbons (Fsp3) is 1.00. The summed E-state index contributed by atoms with van der Waals surface area (Å²) in [7, 11) is 0. The van der Waals surface area contributed by atoms with Gasteiger partial charge < -0.3 is 15.0 Å². The molecule has 1 saturated heterocycles. The van der Waals surface area contributed by atoms with E-state index < -0.39 is 0 Å². The van der Waals surface area contributed by atoms with E-state index in [4.69, 9.17) is 4.74 Å². The van der Waals surface area contributed by atoms with Crippen LogP contribution in [0.25, 0.3) is 0 Å². The van der Waals surface area contributed by atoms with E-state index in [1.54, 1.807) is 0 Å². The van der Waals surface area contributed by atoms with Gasteiger partial charge in [-0.25, -0.2) is 0 Å². The molecule has 0 bridgehead atoms. The molecule has 1 fully saturated rings. The number of hydrogen-bond acceptors (Lipinski definition) is 3. The lowest BCUT2D eigenvalue weighted by molar-refractivity contribution is 0.0211. The van der Waals surface area contributed by atoms with Crippen molar-refractivity contribution in [2.75, 3.05) is 32.7 Å². The zero-order valence-corrected chi connectivity index (χ0v) is 15.0. The van der Waals surface area contributed by atoms with E-state index in [2.05, 4.69) is 44.8 Å². The highest BCUT2D eigenvalue weighted by Gasteiger charge is 2.26. The summed E-state index contributed by atoms with van der Waals surface area (Å²) in [6.07, 6.45) is 5.91. The molecule has 0 aromatic rings. The second-order valence-electron chi connectivity index (χ2n) is 7.04. The molecular formula is C18H38N2O. The van der Waals surface area contributed by atoms with Gasteiger partial charge in [0, 0.05) is 19.6 Å². The van der Waals surface area contributed by atoms with Crippen LogP contribution >= 0.6 is 0 Å². The average molecular weight is 299 g/mol. The maximum absolute atomic E-state index is 6.22. The van der Waals surface area contributed by atoms with Gasteiger partial charge in [0.05, 0.1) is 12.2 Å². The van der Waals surface area contributed by atoms with Crippen LogP contribution in [0.3, 0.4) is 0 Å². The predicted octanol–water partition coefficient (Wildman–Crippen LogP) is 3.54. The van der Waals surface area contributed by atoms with Gasteiger partial charge in [0.1, 0.15) is 0 Å². The summed E-state index contributed by atoms with van der Waals surface area (Å²) in [5, 5.41) is 3.53. The Balaban J connectivity index is 2.25. The highest BCUT2D eigenvalue weighted by Crippen LogP contribution is 2.21. The Bertz CT molecular complexity index is 254. The Morgan fingerprint density at radius 3 is 2.33 bits per heavy atom. The summed E-state index contributed by atoms with van der Waals surface area (Å²) in [5.74, 6) is 1.56. The van der Waals surface area contributed by atoms with Crippen LogP contribution in [-0.4, -0.2) is 49.8 Å². The fourth-order valence-electron chi connectivity index (χ4n) is 3.13. The zero-order valence-electron chi connectivity index (χ0n) is 15.0. The maximum Gasteiger partial charge on any atom is 0.0707 e. The molecule has 1 heterocycles. The Kier molecular flexibility index (Phi) is 9.54. The molecule has 3 nitrogen and oxygen atoms in total. The van der Waals surface area contributed by atoms with Gasteiger partial charge in [-0.1, -0.05) is 47.5 Å². The second kappa shape index (κ2) is 10.6. The van der Waals surface area contributed by atoms with E-state index in [0.29, 0.717) is 12.2 Å².